The fourth-order valence-electron chi connectivity index (χ4n) is 3.84. The van der Waals surface area contributed by atoms with Gasteiger partial charge in [0.2, 0.25) is 0 Å². The summed E-state index contributed by atoms with van der Waals surface area (Å²) >= 11 is 0. The van der Waals surface area contributed by atoms with Gasteiger partial charge >= 0.3 is 0 Å². The molecule has 1 aromatic heterocycles. The lowest BCUT2D eigenvalue weighted by atomic mass is 9.97. The van der Waals surface area contributed by atoms with E-state index in [1.807, 2.05) is 29.2 Å². The van der Waals surface area contributed by atoms with E-state index in [9.17, 15) is 4.79 Å². The van der Waals surface area contributed by atoms with Crippen molar-refractivity contribution in [3.63, 3.8) is 0 Å². The minimum absolute atomic E-state index is 0.0929. The highest BCUT2D eigenvalue weighted by Gasteiger charge is 2.21. The van der Waals surface area contributed by atoms with Crippen molar-refractivity contribution in [2.24, 2.45) is 5.92 Å². The molecule has 28 heavy (non-hydrogen) atoms. The lowest BCUT2D eigenvalue weighted by molar-refractivity contribution is 0.0664. The number of amides is 1. The van der Waals surface area contributed by atoms with Gasteiger partial charge in [-0.2, -0.15) is 0 Å². The fourth-order valence-corrected chi connectivity index (χ4v) is 3.84. The molecule has 1 amide bonds. The summed E-state index contributed by atoms with van der Waals surface area (Å²) in [6, 6.07) is 11.9. The summed E-state index contributed by atoms with van der Waals surface area (Å²) in [5.74, 6) is 2.33. The summed E-state index contributed by atoms with van der Waals surface area (Å²) in [5, 5.41) is 3.43. The maximum absolute atomic E-state index is 12.8. The molecule has 1 saturated heterocycles. The SMILES string of the molecule is CN1CCN(C(=O)c2ccnc(NCC3CCOc4ccccc4C3)c2)CC1. The van der Waals surface area contributed by atoms with Crippen molar-refractivity contribution in [3.8, 4) is 5.75 Å². The molecule has 1 aromatic carbocycles. The van der Waals surface area contributed by atoms with Crippen molar-refractivity contribution in [3.05, 3.63) is 53.7 Å². The molecule has 6 nitrogen and oxygen atoms in total. The summed E-state index contributed by atoms with van der Waals surface area (Å²) in [7, 11) is 2.09. The zero-order valence-corrected chi connectivity index (χ0v) is 16.4. The van der Waals surface area contributed by atoms with Crippen molar-refractivity contribution < 1.29 is 9.53 Å². The van der Waals surface area contributed by atoms with Crippen molar-refractivity contribution in [1.29, 1.82) is 0 Å². The lowest BCUT2D eigenvalue weighted by Crippen LogP contribution is -2.47. The minimum Gasteiger partial charge on any atom is -0.493 e. The normalized spacial score (nSPS) is 20.0. The highest BCUT2D eigenvalue weighted by Crippen LogP contribution is 2.26. The number of nitrogens with zero attached hydrogens (tertiary/aromatic N) is 3. The number of para-hydroxylation sites is 1. The van der Waals surface area contributed by atoms with E-state index in [1.165, 1.54) is 5.56 Å². The van der Waals surface area contributed by atoms with Crippen LogP contribution in [0.25, 0.3) is 0 Å². The van der Waals surface area contributed by atoms with Crippen LogP contribution in [0.5, 0.6) is 5.75 Å². The van der Waals surface area contributed by atoms with Gasteiger partial charge in [-0.15, -0.1) is 0 Å². The Morgan fingerprint density at radius 1 is 1.21 bits per heavy atom. The number of rotatable bonds is 4. The molecule has 0 radical (unpaired) electrons. The number of pyridine rings is 1. The van der Waals surface area contributed by atoms with Crippen molar-refractivity contribution >= 4 is 11.7 Å². The molecule has 1 atom stereocenters. The van der Waals surface area contributed by atoms with Crippen molar-refractivity contribution in [2.75, 3.05) is 51.7 Å². The fraction of sp³-hybridized carbons (Fsp3) is 0.455. The molecule has 1 fully saturated rings. The Morgan fingerprint density at radius 3 is 2.89 bits per heavy atom. The van der Waals surface area contributed by atoms with Crippen LogP contribution in [-0.4, -0.2) is 67.1 Å². The van der Waals surface area contributed by atoms with E-state index < -0.39 is 0 Å². The van der Waals surface area contributed by atoms with Crippen LogP contribution in [0.2, 0.25) is 0 Å². The highest BCUT2D eigenvalue weighted by molar-refractivity contribution is 5.94. The maximum Gasteiger partial charge on any atom is 0.254 e. The molecule has 148 valence electrons. The standard InChI is InChI=1S/C22H28N4O2/c1-25-9-11-26(12-10-25)22(27)19-6-8-23-21(15-19)24-16-17-7-13-28-20-5-3-2-4-18(20)14-17/h2-6,8,15,17H,7,9-14,16H2,1H3,(H,23,24). The number of benzene rings is 1. The highest BCUT2D eigenvalue weighted by atomic mass is 16.5. The van der Waals surface area contributed by atoms with Gasteiger partial charge in [-0.25, -0.2) is 4.98 Å². The topological polar surface area (TPSA) is 57.7 Å². The predicted octanol–water partition coefficient (Wildman–Crippen LogP) is 2.52. The number of likely N-dealkylation sites (N-methyl/N-ethyl adjacent to an activating group) is 1. The minimum atomic E-state index is 0.0929. The Balaban J connectivity index is 1.37. The second-order valence-corrected chi connectivity index (χ2v) is 7.72. The van der Waals surface area contributed by atoms with Crippen LogP contribution < -0.4 is 10.1 Å². The Kier molecular flexibility index (Phi) is 5.76. The summed E-state index contributed by atoms with van der Waals surface area (Å²) in [6.07, 6.45) is 3.71. The molecule has 3 heterocycles. The van der Waals surface area contributed by atoms with Crippen LogP contribution in [0.4, 0.5) is 5.82 Å². The molecule has 0 aliphatic carbocycles. The van der Waals surface area contributed by atoms with Gasteiger partial charge in [0, 0.05) is 44.5 Å². The first kappa shape index (κ1) is 18.7. The number of fused-ring (bicyclic) bond motifs is 1. The van der Waals surface area contributed by atoms with Crippen LogP contribution in [-0.2, 0) is 6.42 Å². The average molecular weight is 380 g/mol. The van der Waals surface area contributed by atoms with Crippen molar-refractivity contribution in [2.45, 2.75) is 12.8 Å². The molecule has 2 aromatic rings. The number of nitrogens with one attached hydrogen (secondary N) is 1. The molecule has 0 bridgehead atoms. The zero-order chi connectivity index (χ0) is 19.3. The van der Waals surface area contributed by atoms with Gasteiger partial charge in [0.25, 0.3) is 5.91 Å². The van der Waals surface area contributed by atoms with Gasteiger partial charge in [0.15, 0.2) is 0 Å². The van der Waals surface area contributed by atoms with Gasteiger partial charge in [0.1, 0.15) is 11.6 Å². The van der Waals surface area contributed by atoms with Gasteiger partial charge in [-0.1, -0.05) is 18.2 Å². The first-order chi connectivity index (χ1) is 13.7. The Bertz CT molecular complexity index is 818. The number of carbonyl (C=O) groups excluding carboxylic acids is 1. The third kappa shape index (κ3) is 4.44. The van der Waals surface area contributed by atoms with E-state index in [4.69, 9.17) is 4.74 Å². The third-order valence-corrected chi connectivity index (χ3v) is 5.63. The zero-order valence-electron chi connectivity index (χ0n) is 16.4. The van der Waals surface area contributed by atoms with E-state index in [-0.39, 0.29) is 5.91 Å². The number of aromatic nitrogens is 1. The van der Waals surface area contributed by atoms with Gasteiger partial charge in [-0.3, -0.25) is 4.79 Å². The van der Waals surface area contributed by atoms with Crippen molar-refractivity contribution in [1.82, 2.24) is 14.8 Å². The molecule has 6 heteroatoms. The van der Waals surface area contributed by atoms with Crippen LogP contribution in [0.15, 0.2) is 42.6 Å². The van der Waals surface area contributed by atoms with Gasteiger partial charge in [-0.05, 0) is 49.6 Å². The molecule has 2 aliphatic rings. The Morgan fingerprint density at radius 2 is 2.04 bits per heavy atom. The number of piperazine rings is 1. The van der Waals surface area contributed by atoms with E-state index in [1.54, 1.807) is 6.20 Å². The molecule has 1 N–H and O–H groups in total. The lowest BCUT2D eigenvalue weighted by Gasteiger charge is -2.32. The van der Waals surface area contributed by atoms with Crippen LogP contribution in [0, 0.1) is 5.92 Å². The number of hydrogen-bond donors (Lipinski definition) is 1. The van der Waals surface area contributed by atoms with E-state index in [2.05, 4.69) is 34.4 Å². The van der Waals surface area contributed by atoms with Crippen LogP contribution >= 0.6 is 0 Å². The molecule has 0 saturated carbocycles. The van der Waals surface area contributed by atoms with E-state index in [0.29, 0.717) is 11.5 Å². The summed E-state index contributed by atoms with van der Waals surface area (Å²) in [4.78, 5) is 21.4. The predicted molar refractivity (Wildman–Crippen MR) is 110 cm³/mol. The smallest absolute Gasteiger partial charge is 0.254 e. The van der Waals surface area contributed by atoms with Crippen LogP contribution in [0.3, 0.4) is 0 Å². The molecular formula is C22H28N4O2. The third-order valence-electron chi connectivity index (χ3n) is 5.63. The maximum atomic E-state index is 12.8. The number of anilines is 1. The van der Waals surface area contributed by atoms with Gasteiger partial charge < -0.3 is 19.9 Å². The summed E-state index contributed by atoms with van der Waals surface area (Å²) in [5.41, 5.74) is 1.97. The summed E-state index contributed by atoms with van der Waals surface area (Å²) < 4.78 is 5.86. The monoisotopic (exact) mass is 380 g/mol. The first-order valence-electron chi connectivity index (χ1n) is 10.1. The Labute approximate surface area is 166 Å². The Hall–Kier alpha value is -2.60. The average Bonchev–Trinajstić information content (AvgIpc) is 2.94. The quantitative estimate of drug-likeness (QED) is 0.883. The van der Waals surface area contributed by atoms with Crippen LogP contribution in [0.1, 0.15) is 22.3 Å². The largest absolute Gasteiger partial charge is 0.493 e. The van der Waals surface area contributed by atoms with Gasteiger partial charge in [0.05, 0.1) is 6.61 Å². The second-order valence-electron chi connectivity index (χ2n) is 7.72. The van der Waals surface area contributed by atoms with E-state index in [0.717, 1.165) is 63.7 Å². The van der Waals surface area contributed by atoms with E-state index >= 15 is 0 Å². The number of ether oxygens (including phenoxy) is 1. The molecule has 4 rings (SSSR count). The molecular weight excluding hydrogens is 352 g/mol. The summed E-state index contributed by atoms with van der Waals surface area (Å²) in [6.45, 7) is 4.96. The molecule has 0 spiro atoms. The number of carbonyl (C=O) groups is 1. The second kappa shape index (κ2) is 8.61. The number of hydrogen-bond acceptors (Lipinski definition) is 5. The molecule has 2 aliphatic heterocycles. The first-order valence-corrected chi connectivity index (χ1v) is 10.1. The molecule has 1 unspecified atom stereocenters.